The van der Waals surface area contributed by atoms with Crippen molar-refractivity contribution in [3.8, 4) is 0 Å². The smallest absolute Gasteiger partial charge is 0.272 e. The van der Waals surface area contributed by atoms with Crippen LogP contribution in [0.15, 0.2) is 41.2 Å². The van der Waals surface area contributed by atoms with Gasteiger partial charge in [-0.1, -0.05) is 31.9 Å². The fourth-order valence-electron chi connectivity index (χ4n) is 3.59. The molecule has 138 valence electrons. The summed E-state index contributed by atoms with van der Waals surface area (Å²) in [6.07, 6.45) is 5.10. The molecule has 1 aromatic carbocycles. The Balaban J connectivity index is 1.84. The SMILES string of the molecule is CCCn1nc(C(=O)N[C@@H](c2ccc(F)cc2)C2CCCC2)ccc1=O. The quantitative estimate of drug-likeness (QED) is 0.861. The number of amides is 1. The summed E-state index contributed by atoms with van der Waals surface area (Å²) in [5, 5.41) is 7.24. The fourth-order valence-corrected chi connectivity index (χ4v) is 3.59. The Bertz CT molecular complexity index is 811. The minimum absolute atomic E-state index is 0.182. The van der Waals surface area contributed by atoms with E-state index in [1.54, 1.807) is 12.1 Å². The minimum Gasteiger partial charge on any atom is -0.344 e. The Labute approximate surface area is 152 Å². The number of nitrogens with one attached hydrogen (secondary N) is 1. The van der Waals surface area contributed by atoms with Crippen LogP contribution in [0.25, 0.3) is 0 Å². The van der Waals surface area contributed by atoms with Crippen LogP contribution >= 0.6 is 0 Å². The summed E-state index contributed by atoms with van der Waals surface area (Å²) in [5.41, 5.74) is 0.908. The highest BCUT2D eigenvalue weighted by Crippen LogP contribution is 2.35. The maximum Gasteiger partial charge on any atom is 0.272 e. The highest BCUT2D eigenvalue weighted by atomic mass is 19.1. The number of hydrogen-bond acceptors (Lipinski definition) is 3. The Morgan fingerprint density at radius 3 is 2.58 bits per heavy atom. The van der Waals surface area contributed by atoms with E-state index < -0.39 is 0 Å². The van der Waals surface area contributed by atoms with E-state index in [0.717, 1.165) is 37.7 Å². The number of carbonyl (C=O) groups excluding carboxylic acids is 1. The van der Waals surface area contributed by atoms with Gasteiger partial charge in [0.1, 0.15) is 11.5 Å². The summed E-state index contributed by atoms with van der Waals surface area (Å²) in [6.45, 7) is 2.43. The van der Waals surface area contributed by atoms with Gasteiger partial charge < -0.3 is 5.32 Å². The van der Waals surface area contributed by atoms with Crippen LogP contribution in [-0.2, 0) is 6.54 Å². The van der Waals surface area contributed by atoms with E-state index in [9.17, 15) is 14.0 Å². The predicted octanol–water partition coefficient (Wildman–Crippen LogP) is 3.45. The van der Waals surface area contributed by atoms with Crippen LogP contribution in [0.4, 0.5) is 4.39 Å². The first-order valence-corrected chi connectivity index (χ1v) is 9.23. The van der Waals surface area contributed by atoms with Crippen LogP contribution in [0.3, 0.4) is 0 Å². The van der Waals surface area contributed by atoms with Gasteiger partial charge in [0.25, 0.3) is 11.5 Å². The lowest BCUT2D eigenvalue weighted by atomic mass is 9.91. The molecular weight excluding hydrogens is 333 g/mol. The molecule has 1 aliphatic rings. The number of nitrogens with zero attached hydrogens (tertiary/aromatic N) is 2. The van der Waals surface area contributed by atoms with Crippen LogP contribution in [0.5, 0.6) is 0 Å². The van der Waals surface area contributed by atoms with Gasteiger partial charge in [0.05, 0.1) is 6.04 Å². The van der Waals surface area contributed by atoms with Crippen LogP contribution in [0.1, 0.15) is 61.1 Å². The molecule has 0 bridgehead atoms. The van der Waals surface area contributed by atoms with Crippen molar-refractivity contribution in [2.75, 3.05) is 0 Å². The van der Waals surface area contributed by atoms with Crippen LogP contribution in [-0.4, -0.2) is 15.7 Å². The average Bonchev–Trinajstić information content (AvgIpc) is 3.17. The molecule has 1 aliphatic carbocycles. The number of rotatable bonds is 6. The van der Waals surface area contributed by atoms with Crippen molar-refractivity contribution in [2.24, 2.45) is 5.92 Å². The molecule has 0 aliphatic heterocycles. The summed E-state index contributed by atoms with van der Waals surface area (Å²) >= 11 is 0. The van der Waals surface area contributed by atoms with Crippen LogP contribution < -0.4 is 10.9 Å². The molecule has 1 aromatic heterocycles. The number of carbonyl (C=O) groups is 1. The summed E-state index contributed by atoms with van der Waals surface area (Å²) in [7, 11) is 0. The van der Waals surface area contributed by atoms with Gasteiger partial charge in [0.15, 0.2) is 0 Å². The molecule has 1 N–H and O–H groups in total. The molecule has 1 saturated carbocycles. The monoisotopic (exact) mass is 357 g/mol. The van der Waals surface area contributed by atoms with Gasteiger partial charge in [-0.05, 0) is 48.9 Å². The molecule has 3 rings (SSSR count). The molecule has 0 spiro atoms. The lowest BCUT2D eigenvalue weighted by Gasteiger charge is -2.25. The normalized spacial score (nSPS) is 15.8. The van der Waals surface area contributed by atoms with Gasteiger partial charge in [-0.2, -0.15) is 5.10 Å². The van der Waals surface area contributed by atoms with Crippen molar-refractivity contribution in [3.05, 3.63) is 63.8 Å². The van der Waals surface area contributed by atoms with E-state index in [2.05, 4.69) is 10.4 Å². The first-order valence-electron chi connectivity index (χ1n) is 9.23. The fraction of sp³-hybridized carbons (Fsp3) is 0.450. The van der Waals surface area contributed by atoms with E-state index in [-0.39, 0.29) is 29.0 Å². The maximum atomic E-state index is 13.3. The molecule has 26 heavy (non-hydrogen) atoms. The summed E-state index contributed by atoms with van der Waals surface area (Å²) in [5.74, 6) is -0.277. The maximum absolute atomic E-state index is 13.3. The van der Waals surface area contributed by atoms with E-state index >= 15 is 0 Å². The van der Waals surface area contributed by atoms with E-state index in [4.69, 9.17) is 0 Å². The highest BCUT2D eigenvalue weighted by molar-refractivity contribution is 5.92. The molecule has 1 heterocycles. The Kier molecular flexibility index (Phi) is 5.81. The third-order valence-corrected chi connectivity index (χ3v) is 4.92. The minimum atomic E-state index is -0.309. The van der Waals surface area contributed by atoms with Gasteiger partial charge in [-0.3, -0.25) is 9.59 Å². The molecule has 0 radical (unpaired) electrons. The third-order valence-electron chi connectivity index (χ3n) is 4.92. The van der Waals surface area contributed by atoms with Gasteiger partial charge >= 0.3 is 0 Å². The summed E-state index contributed by atoms with van der Waals surface area (Å²) in [6, 6.07) is 8.94. The Morgan fingerprint density at radius 2 is 1.92 bits per heavy atom. The standard InChI is InChI=1S/C20H24FN3O2/c1-2-13-24-18(25)12-11-17(23-24)20(26)22-19(14-5-3-4-6-14)15-7-9-16(21)10-8-15/h7-12,14,19H,2-6,13H2,1H3,(H,22,26)/t19-/m1/s1. The number of benzene rings is 1. The molecule has 2 aromatic rings. The Hall–Kier alpha value is -2.50. The van der Waals surface area contributed by atoms with Crippen molar-refractivity contribution in [1.82, 2.24) is 15.1 Å². The zero-order valence-corrected chi connectivity index (χ0v) is 15.0. The summed E-state index contributed by atoms with van der Waals surface area (Å²) in [4.78, 5) is 24.6. The van der Waals surface area contributed by atoms with Crippen molar-refractivity contribution in [2.45, 2.75) is 51.6 Å². The number of halogens is 1. The highest BCUT2D eigenvalue weighted by Gasteiger charge is 2.28. The number of hydrogen-bond donors (Lipinski definition) is 1. The zero-order valence-electron chi connectivity index (χ0n) is 15.0. The Morgan fingerprint density at radius 1 is 1.23 bits per heavy atom. The van der Waals surface area contributed by atoms with E-state index in [1.807, 2.05) is 6.92 Å². The lowest BCUT2D eigenvalue weighted by Crippen LogP contribution is -2.35. The largest absolute Gasteiger partial charge is 0.344 e. The molecule has 1 fully saturated rings. The second kappa shape index (κ2) is 8.25. The first kappa shape index (κ1) is 18.3. The second-order valence-corrected chi connectivity index (χ2v) is 6.83. The predicted molar refractivity (Wildman–Crippen MR) is 97.4 cm³/mol. The van der Waals surface area contributed by atoms with Gasteiger partial charge in [-0.15, -0.1) is 0 Å². The lowest BCUT2D eigenvalue weighted by molar-refractivity contribution is 0.0914. The third kappa shape index (κ3) is 4.18. The van der Waals surface area contributed by atoms with Crippen LogP contribution in [0.2, 0.25) is 0 Å². The molecule has 5 nitrogen and oxygen atoms in total. The van der Waals surface area contributed by atoms with Gasteiger partial charge in [0.2, 0.25) is 0 Å². The second-order valence-electron chi connectivity index (χ2n) is 6.83. The van der Waals surface area contributed by atoms with E-state index in [0.29, 0.717) is 12.5 Å². The molecule has 0 saturated heterocycles. The zero-order chi connectivity index (χ0) is 18.5. The molecule has 1 atom stereocenters. The van der Waals surface area contributed by atoms with Crippen LogP contribution in [0, 0.1) is 11.7 Å². The summed E-state index contributed by atoms with van der Waals surface area (Å²) < 4.78 is 14.6. The number of aromatic nitrogens is 2. The average molecular weight is 357 g/mol. The molecule has 1 amide bonds. The topological polar surface area (TPSA) is 64.0 Å². The van der Waals surface area contributed by atoms with Crippen molar-refractivity contribution in [1.29, 1.82) is 0 Å². The molecule has 0 unspecified atom stereocenters. The van der Waals surface area contributed by atoms with Crippen molar-refractivity contribution < 1.29 is 9.18 Å². The van der Waals surface area contributed by atoms with Gasteiger partial charge in [-0.25, -0.2) is 9.07 Å². The molecule has 6 heteroatoms. The first-order chi connectivity index (χ1) is 12.6. The van der Waals surface area contributed by atoms with Crippen molar-refractivity contribution >= 4 is 5.91 Å². The van der Waals surface area contributed by atoms with E-state index in [1.165, 1.54) is 28.9 Å². The number of aryl methyl sites for hydroxylation is 1. The molecular formula is C20H24FN3O2. The van der Waals surface area contributed by atoms with Gasteiger partial charge in [0, 0.05) is 12.6 Å². The van der Waals surface area contributed by atoms with Crippen molar-refractivity contribution in [3.63, 3.8) is 0 Å².